The second-order valence-corrected chi connectivity index (χ2v) is 5.97. The molecular formula is C18H18ClN5O3. The van der Waals surface area contributed by atoms with E-state index in [4.69, 9.17) is 11.6 Å². The molecule has 0 aliphatic carbocycles. The minimum atomic E-state index is -0.957. The van der Waals surface area contributed by atoms with Crippen molar-refractivity contribution in [3.05, 3.63) is 59.2 Å². The van der Waals surface area contributed by atoms with Crippen molar-refractivity contribution in [2.24, 2.45) is 5.10 Å². The zero-order chi connectivity index (χ0) is 19.6. The number of aromatic nitrogens is 1. The maximum Gasteiger partial charge on any atom is 0.329 e. The number of benzene rings is 1. The van der Waals surface area contributed by atoms with Crippen molar-refractivity contribution in [1.29, 1.82) is 0 Å². The number of rotatable bonds is 6. The van der Waals surface area contributed by atoms with Gasteiger partial charge in [-0.2, -0.15) is 5.10 Å². The number of hydrazone groups is 1. The molecule has 9 heteroatoms. The first-order valence-electron chi connectivity index (χ1n) is 8.00. The Balaban J connectivity index is 1.75. The van der Waals surface area contributed by atoms with Gasteiger partial charge in [-0.15, -0.1) is 0 Å². The Labute approximate surface area is 161 Å². The standard InChI is InChI=1S/C18H18ClN5O3/c1-12(10-16(25)21-11-13-5-7-14(19)8-6-13)23-24-18(27)17(26)22-15-4-2-3-9-20-15/h2-9H,10-11H2,1H3,(H,21,25)(H,24,27)(H,20,22,26)/b23-12-. The van der Waals surface area contributed by atoms with E-state index in [-0.39, 0.29) is 18.1 Å². The molecule has 0 aliphatic rings. The van der Waals surface area contributed by atoms with Crippen LogP contribution in [-0.4, -0.2) is 28.4 Å². The van der Waals surface area contributed by atoms with E-state index in [0.717, 1.165) is 5.56 Å². The zero-order valence-electron chi connectivity index (χ0n) is 14.5. The van der Waals surface area contributed by atoms with Crippen LogP contribution in [0.4, 0.5) is 5.82 Å². The van der Waals surface area contributed by atoms with Crippen molar-refractivity contribution < 1.29 is 14.4 Å². The van der Waals surface area contributed by atoms with Gasteiger partial charge in [0.2, 0.25) is 5.91 Å². The first-order valence-corrected chi connectivity index (χ1v) is 8.38. The Bertz CT molecular complexity index is 838. The van der Waals surface area contributed by atoms with Crippen LogP contribution in [0, 0.1) is 0 Å². The van der Waals surface area contributed by atoms with Crippen LogP contribution in [0.2, 0.25) is 5.02 Å². The van der Waals surface area contributed by atoms with Crippen molar-refractivity contribution in [2.75, 3.05) is 5.32 Å². The molecule has 27 heavy (non-hydrogen) atoms. The maximum atomic E-state index is 11.9. The highest BCUT2D eigenvalue weighted by molar-refractivity contribution is 6.39. The van der Waals surface area contributed by atoms with Crippen molar-refractivity contribution in [1.82, 2.24) is 15.7 Å². The second kappa shape index (κ2) is 10.0. The molecule has 0 aliphatic heterocycles. The third kappa shape index (κ3) is 7.25. The summed E-state index contributed by atoms with van der Waals surface area (Å²) in [4.78, 5) is 39.2. The summed E-state index contributed by atoms with van der Waals surface area (Å²) in [6, 6.07) is 12.0. The smallest absolute Gasteiger partial charge is 0.329 e. The molecule has 0 atom stereocenters. The lowest BCUT2D eigenvalue weighted by Crippen LogP contribution is -2.33. The molecule has 3 N–H and O–H groups in total. The summed E-state index contributed by atoms with van der Waals surface area (Å²) in [5, 5.41) is 9.43. The van der Waals surface area contributed by atoms with Crippen LogP contribution in [0.25, 0.3) is 0 Å². The van der Waals surface area contributed by atoms with Gasteiger partial charge in [-0.05, 0) is 36.8 Å². The van der Waals surface area contributed by atoms with Gasteiger partial charge < -0.3 is 10.6 Å². The monoisotopic (exact) mass is 387 g/mol. The molecular weight excluding hydrogens is 370 g/mol. The van der Waals surface area contributed by atoms with Crippen LogP contribution in [-0.2, 0) is 20.9 Å². The highest BCUT2D eigenvalue weighted by Gasteiger charge is 2.13. The van der Waals surface area contributed by atoms with Gasteiger partial charge in [0, 0.05) is 23.5 Å². The molecule has 1 aromatic carbocycles. The van der Waals surface area contributed by atoms with Gasteiger partial charge in [-0.3, -0.25) is 14.4 Å². The molecule has 0 unspecified atom stereocenters. The van der Waals surface area contributed by atoms with Crippen molar-refractivity contribution in [2.45, 2.75) is 19.9 Å². The number of amides is 3. The Hall–Kier alpha value is -3.26. The largest absolute Gasteiger partial charge is 0.352 e. The molecule has 0 fully saturated rings. The lowest BCUT2D eigenvalue weighted by Gasteiger charge is -2.06. The number of hydrogen-bond acceptors (Lipinski definition) is 5. The number of hydrogen-bond donors (Lipinski definition) is 3. The molecule has 0 bridgehead atoms. The molecule has 1 aromatic heterocycles. The average Bonchev–Trinajstić information content (AvgIpc) is 2.66. The molecule has 0 radical (unpaired) electrons. The fourth-order valence-electron chi connectivity index (χ4n) is 1.94. The summed E-state index contributed by atoms with van der Waals surface area (Å²) in [7, 11) is 0. The summed E-state index contributed by atoms with van der Waals surface area (Å²) in [5.41, 5.74) is 3.36. The third-order valence-electron chi connectivity index (χ3n) is 3.28. The van der Waals surface area contributed by atoms with Crippen LogP contribution >= 0.6 is 11.6 Å². The quantitative estimate of drug-likeness (QED) is 0.399. The number of nitrogens with zero attached hydrogens (tertiary/aromatic N) is 2. The number of nitrogens with one attached hydrogen (secondary N) is 3. The zero-order valence-corrected chi connectivity index (χ0v) is 15.3. The highest BCUT2D eigenvalue weighted by atomic mass is 35.5. The molecule has 2 rings (SSSR count). The van der Waals surface area contributed by atoms with Crippen molar-refractivity contribution >= 4 is 40.9 Å². The van der Waals surface area contributed by atoms with Gasteiger partial charge >= 0.3 is 11.8 Å². The summed E-state index contributed by atoms with van der Waals surface area (Å²) < 4.78 is 0. The van der Waals surface area contributed by atoms with E-state index in [1.54, 1.807) is 37.3 Å². The molecule has 2 aromatic rings. The number of anilines is 1. The van der Waals surface area contributed by atoms with Crippen LogP contribution in [0.1, 0.15) is 18.9 Å². The summed E-state index contributed by atoms with van der Waals surface area (Å²) in [5.74, 6) is -1.88. The first kappa shape index (κ1) is 20.1. The molecule has 140 valence electrons. The van der Waals surface area contributed by atoms with Gasteiger partial charge in [-0.25, -0.2) is 10.4 Å². The van der Waals surface area contributed by atoms with Gasteiger partial charge in [0.1, 0.15) is 5.82 Å². The SMILES string of the molecule is C/C(CC(=O)NCc1ccc(Cl)cc1)=N/NC(=O)C(=O)Nc1ccccn1. The van der Waals surface area contributed by atoms with Gasteiger partial charge in [-0.1, -0.05) is 29.8 Å². The number of pyridine rings is 1. The topological polar surface area (TPSA) is 113 Å². The van der Waals surface area contributed by atoms with E-state index in [1.807, 2.05) is 12.1 Å². The van der Waals surface area contributed by atoms with Crippen LogP contribution < -0.4 is 16.1 Å². The van der Waals surface area contributed by atoms with Gasteiger partial charge in [0.05, 0.1) is 6.42 Å². The van der Waals surface area contributed by atoms with E-state index < -0.39 is 11.8 Å². The summed E-state index contributed by atoms with van der Waals surface area (Å²) >= 11 is 5.80. The van der Waals surface area contributed by atoms with Crippen molar-refractivity contribution in [3.63, 3.8) is 0 Å². The summed E-state index contributed by atoms with van der Waals surface area (Å²) in [6.07, 6.45) is 1.47. The van der Waals surface area contributed by atoms with E-state index >= 15 is 0 Å². The fraction of sp³-hybridized carbons (Fsp3) is 0.167. The van der Waals surface area contributed by atoms with Gasteiger partial charge in [0.25, 0.3) is 0 Å². The second-order valence-electron chi connectivity index (χ2n) is 5.54. The Morgan fingerprint density at radius 2 is 1.81 bits per heavy atom. The number of carbonyl (C=O) groups excluding carboxylic acids is 3. The first-order chi connectivity index (χ1) is 12.9. The maximum absolute atomic E-state index is 11.9. The van der Waals surface area contributed by atoms with E-state index in [2.05, 4.69) is 26.1 Å². The predicted octanol–water partition coefficient (Wildman–Crippen LogP) is 1.87. The molecule has 8 nitrogen and oxygen atoms in total. The van der Waals surface area contributed by atoms with Gasteiger partial charge in [0.15, 0.2) is 0 Å². The molecule has 0 spiro atoms. The minimum absolute atomic E-state index is 0.0181. The number of carbonyl (C=O) groups is 3. The van der Waals surface area contributed by atoms with Crippen LogP contribution in [0.5, 0.6) is 0 Å². The Morgan fingerprint density at radius 3 is 2.48 bits per heavy atom. The van der Waals surface area contributed by atoms with Crippen LogP contribution in [0.3, 0.4) is 0 Å². The van der Waals surface area contributed by atoms with Crippen LogP contribution in [0.15, 0.2) is 53.8 Å². The molecule has 0 saturated heterocycles. The Morgan fingerprint density at radius 1 is 1.07 bits per heavy atom. The number of halogens is 1. The molecule has 1 heterocycles. The lowest BCUT2D eigenvalue weighted by atomic mass is 10.2. The third-order valence-corrected chi connectivity index (χ3v) is 3.53. The van der Waals surface area contributed by atoms with E-state index in [1.165, 1.54) is 6.20 Å². The van der Waals surface area contributed by atoms with Crippen molar-refractivity contribution in [3.8, 4) is 0 Å². The van der Waals surface area contributed by atoms with E-state index in [0.29, 0.717) is 17.3 Å². The molecule has 0 saturated carbocycles. The fourth-order valence-corrected chi connectivity index (χ4v) is 2.07. The van der Waals surface area contributed by atoms with E-state index in [9.17, 15) is 14.4 Å². The lowest BCUT2D eigenvalue weighted by molar-refractivity contribution is -0.136. The molecule has 3 amide bonds. The average molecular weight is 388 g/mol. The predicted molar refractivity (Wildman–Crippen MR) is 102 cm³/mol. The Kier molecular flexibility index (Phi) is 7.45. The highest BCUT2D eigenvalue weighted by Crippen LogP contribution is 2.09. The normalized spacial score (nSPS) is 10.8. The minimum Gasteiger partial charge on any atom is -0.352 e. The summed E-state index contributed by atoms with van der Waals surface area (Å²) in [6.45, 7) is 1.92.